The zero-order chi connectivity index (χ0) is 28.2. The SMILES string of the molecule is CC(C)(C)c1cc(Oc2cccc(-n3ccnc3)c2)cc(-c2cc(-c3cccc(Oc4ccccc4)c3)ccn2)c1. The standard InChI is InChI=1S/C36H31N3O2/c1-36(2,3)29-19-28(21-34(23-29)41-33-14-8-10-30(24-33)39-18-17-37-25-39)35-22-27(15-16-38-35)26-9-7-13-32(20-26)40-31-11-5-4-6-12-31/h4-25H,1-3H3. The molecule has 0 atom stereocenters. The quantitative estimate of drug-likeness (QED) is 0.203. The Balaban J connectivity index is 1.33. The lowest BCUT2D eigenvalue weighted by atomic mass is 9.85. The molecule has 41 heavy (non-hydrogen) atoms. The van der Waals surface area contributed by atoms with Crippen LogP contribution in [0.2, 0.25) is 0 Å². The number of rotatable bonds is 7. The van der Waals surface area contributed by atoms with E-state index in [0.29, 0.717) is 0 Å². The van der Waals surface area contributed by atoms with Crippen LogP contribution in [0.5, 0.6) is 23.0 Å². The maximum absolute atomic E-state index is 6.42. The van der Waals surface area contributed by atoms with E-state index in [9.17, 15) is 0 Å². The normalized spacial score (nSPS) is 11.3. The van der Waals surface area contributed by atoms with Gasteiger partial charge in [-0.1, -0.05) is 57.2 Å². The maximum Gasteiger partial charge on any atom is 0.129 e. The summed E-state index contributed by atoms with van der Waals surface area (Å²) in [5, 5.41) is 0. The van der Waals surface area contributed by atoms with Crippen molar-refractivity contribution >= 4 is 0 Å². The van der Waals surface area contributed by atoms with Crippen molar-refractivity contribution in [3.05, 3.63) is 140 Å². The Labute approximate surface area is 240 Å². The second kappa shape index (κ2) is 11.1. The predicted molar refractivity (Wildman–Crippen MR) is 164 cm³/mol. The fourth-order valence-electron chi connectivity index (χ4n) is 4.63. The van der Waals surface area contributed by atoms with E-state index >= 15 is 0 Å². The summed E-state index contributed by atoms with van der Waals surface area (Å²) in [6.45, 7) is 6.62. The number of imidazole rings is 1. The van der Waals surface area contributed by atoms with Crippen LogP contribution in [0.25, 0.3) is 28.1 Å². The highest BCUT2D eigenvalue weighted by atomic mass is 16.5. The molecule has 6 aromatic rings. The monoisotopic (exact) mass is 537 g/mol. The van der Waals surface area contributed by atoms with Crippen LogP contribution < -0.4 is 9.47 Å². The highest BCUT2D eigenvalue weighted by Crippen LogP contribution is 2.35. The van der Waals surface area contributed by atoms with Crippen LogP contribution in [0, 0.1) is 0 Å². The maximum atomic E-state index is 6.42. The zero-order valence-corrected chi connectivity index (χ0v) is 23.4. The molecule has 2 heterocycles. The molecule has 5 nitrogen and oxygen atoms in total. The minimum Gasteiger partial charge on any atom is -0.457 e. The molecule has 0 bridgehead atoms. The van der Waals surface area contributed by atoms with Gasteiger partial charge in [0.05, 0.1) is 17.7 Å². The number of para-hydroxylation sites is 1. The number of pyridine rings is 1. The molecule has 0 aliphatic rings. The first kappa shape index (κ1) is 26.1. The van der Waals surface area contributed by atoms with Crippen LogP contribution in [0.3, 0.4) is 0 Å². The van der Waals surface area contributed by atoms with Crippen LogP contribution in [0.4, 0.5) is 0 Å². The summed E-state index contributed by atoms with van der Waals surface area (Å²) in [7, 11) is 0. The van der Waals surface area contributed by atoms with Crippen molar-refractivity contribution in [1.82, 2.24) is 14.5 Å². The third kappa shape index (κ3) is 6.20. The van der Waals surface area contributed by atoms with E-state index in [-0.39, 0.29) is 5.41 Å². The Morgan fingerprint density at radius 1 is 0.585 bits per heavy atom. The highest BCUT2D eigenvalue weighted by molar-refractivity contribution is 5.72. The molecule has 0 fully saturated rings. The third-order valence-corrected chi connectivity index (χ3v) is 6.83. The average Bonchev–Trinajstić information content (AvgIpc) is 3.53. The number of ether oxygens (including phenoxy) is 2. The second-order valence-electron chi connectivity index (χ2n) is 10.9. The van der Waals surface area contributed by atoms with Crippen LogP contribution >= 0.6 is 0 Å². The van der Waals surface area contributed by atoms with Crippen molar-refractivity contribution in [3.8, 4) is 51.1 Å². The Kier molecular flexibility index (Phi) is 7.09. The number of hydrogen-bond acceptors (Lipinski definition) is 4. The summed E-state index contributed by atoms with van der Waals surface area (Å²) in [5.41, 5.74) is 6.07. The number of hydrogen-bond donors (Lipinski definition) is 0. The molecule has 5 heteroatoms. The van der Waals surface area contributed by atoms with Crippen molar-refractivity contribution in [3.63, 3.8) is 0 Å². The minimum atomic E-state index is -0.0759. The van der Waals surface area contributed by atoms with Crippen molar-refractivity contribution in [2.75, 3.05) is 0 Å². The molecule has 0 amide bonds. The van der Waals surface area contributed by atoms with Crippen molar-refractivity contribution in [2.45, 2.75) is 26.2 Å². The average molecular weight is 538 g/mol. The lowest BCUT2D eigenvalue weighted by Gasteiger charge is -2.21. The van der Waals surface area contributed by atoms with E-state index in [1.165, 1.54) is 5.56 Å². The molecule has 0 saturated carbocycles. The smallest absolute Gasteiger partial charge is 0.129 e. The van der Waals surface area contributed by atoms with E-state index < -0.39 is 0 Å². The molecule has 2 aromatic heterocycles. The molecular weight excluding hydrogens is 506 g/mol. The summed E-state index contributed by atoms with van der Waals surface area (Å²) in [6.07, 6.45) is 7.31. The van der Waals surface area contributed by atoms with Gasteiger partial charge >= 0.3 is 0 Å². The summed E-state index contributed by atoms with van der Waals surface area (Å²) in [6, 6.07) is 36.4. The van der Waals surface area contributed by atoms with Gasteiger partial charge in [0.15, 0.2) is 0 Å². The fourth-order valence-corrected chi connectivity index (χ4v) is 4.63. The molecule has 0 spiro atoms. The second-order valence-corrected chi connectivity index (χ2v) is 10.9. The van der Waals surface area contributed by atoms with Gasteiger partial charge in [0.1, 0.15) is 23.0 Å². The number of aromatic nitrogens is 3. The first-order chi connectivity index (χ1) is 19.9. The molecule has 6 rings (SSSR count). The molecule has 0 saturated heterocycles. The van der Waals surface area contributed by atoms with Crippen LogP contribution in [0.1, 0.15) is 26.3 Å². The highest BCUT2D eigenvalue weighted by Gasteiger charge is 2.18. The van der Waals surface area contributed by atoms with Gasteiger partial charge in [-0.15, -0.1) is 0 Å². The molecule has 0 aliphatic carbocycles. The molecule has 0 radical (unpaired) electrons. The predicted octanol–water partition coefficient (Wildman–Crippen LogP) is 9.48. The van der Waals surface area contributed by atoms with Gasteiger partial charge in [0.25, 0.3) is 0 Å². The first-order valence-corrected chi connectivity index (χ1v) is 13.6. The fraction of sp³-hybridized carbons (Fsp3) is 0.111. The van der Waals surface area contributed by atoms with Crippen molar-refractivity contribution < 1.29 is 9.47 Å². The van der Waals surface area contributed by atoms with Gasteiger partial charge in [-0.25, -0.2) is 4.98 Å². The van der Waals surface area contributed by atoms with E-state index in [1.54, 1.807) is 12.5 Å². The first-order valence-electron chi connectivity index (χ1n) is 13.6. The summed E-state index contributed by atoms with van der Waals surface area (Å²) in [5.74, 6) is 3.11. The van der Waals surface area contributed by atoms with Gasteiger partial charge in [0.2, 0.25) is 0 Å². The van der Waals surface area contributed by atoms with E-state index in [0.717, 1.165) is 51.1 Å². The lowest BCUT2D eigenvalue weighted by molar-refractivity contribution is 0.478. The summed E-state index contributed by atoms with van der Waals surface area (Å²) in [4.78, 5) is 8.90. The Morgan fingerprint density at radius 2 is 1.29 bits per heavy atom. The third-order valence-electron chi connectivity index (χ3n) is 6.83. The summed E-state index contributed by atoms with van der Waals surface area (Å²) >= 11 is 0. The Hall–Kier alpha value is -5.16. The van der Waals surface area contributed by atoms with Gasteiger partial charge < -0.3 is 14.0 Å². The van der Waals surface area contributed by atoms with Crippen molar-refractivity contribution in [2.24, 2.45) is 0 Å². The molecule has 4 aromatic carbocycles. The molecule has 0 N–H and O–H groups in total. The minimum absolute atomic E-state index is 0.0759. The van der Waals surface area contributed by atoms with E-state index in [2.05, 4.69) is 62.2 Å². The van der Waals surface area contributed by atoms with Gasteiger partial charge in [-0.2, -0.15) is 0 Å². The van der Waals surface area contributed by atoms with E-state index in [1.807, 2.05) is 89.8 Å². The largest absolute Gasteiger partial charge is 0.457 e. The molecule has 0 unspecified atom stereocenters. The van der Waals surface area contributed by atoms with Gasteiger partial charge in [-0.05, 0) is 88.8 Å². The molecule has 0 aliphatic heterocycles. The van der Waals surface area contributed by atoms with Crippen LogP contribution in [-0.4, -0.2) is 14.5 Å². The van der Waals surface area contributed by atoms with Crippen LogP contribution in [-0.2, 0) is 5.41 Å². The van der Waals surface area contributed by atoms with Crippen LogP contribution in [0.15, 0.2) is 134 Å². The number of nitrogens with zero attached hydrogens (tertiary/aromatic N) is 3. The van der Waals surface area contributed by atoms with E-state index in [4.69, 9.17) is 14.5 Å². The molecular formula is C36H31N3O2. The lowest BCUT2D eigenvalue weighted by Crippen LogP contribution is -2.11. The zero-order valence-electron chi connectivity index (χ0n) is 23.4. The number of benzene rings is 4. The van der Waals surface area contributed by atoms with Gasteiger partial charge in [-0.3, -0.25) is 4.98 Å². The molecule has 202 valence electrons. The summed E-state index contributed by atoms with van der Waals surface area (Å²) < 4.78 is 14.5. The van der Waals surface area contributed by atoms with Crippen molar-refractivity contribution in [1.29, 1.82) is 0 Å². The topological polar surface area (TPSA) is 49.2 Å². The Bertz CT molecular complexity index is 1770. The van der Waals surface area contributed by atoms with Gasteiger partial charge in [0, 0.05) is 30.2 Å². The Morgan fingerprint density at radius 3 is 2.07 bits per heavy atom.